The Morgan fingerprint density at radius 3 is 2.81 bits per heavy atom. The predicted molar refractivity (Wildman–Crippen MR) is 65.3 cm³/mol. The molecule has 2 aromatic rings. The summed E-state index contributed by atoms with van der Waals surface area (Å²) in [6.45, 7) is 0. The molecular weight excluding hydrogens is 244 g/mol. The normalized spacial score (nSPS) is 10.3. The molecule has 1 aromatic heterocycles. The molecule has 0 fully saturated rings. The number of nitrogens with two attached hydrogens (primary N) is 1. The van der Waals surface area contributed by atoms with Gasteiger partial charge in [0.15, 0.2) is 0 Å². The molecule has 0 unspecified atom stereocenters. The molecule has 4 nitrogen and oxygen atoms in total. The zero-order valence-electron chi connectivity index (χ0n) is 8.30. The van der Waals surface area contributed by atoms with Gasteiger partial charge in [-0.25, -0.2) is 9.97 Å². The first-order chi connectivity index (χ1) is 7.75. The number of rotatable bonds is 3. The number of nitrogens with zero attached hydrogens (tertiary/aromatic N) is 3. The molecule has 16 heavy (non-hydrogen) atoms. The van der Waals surface area contributed by atoms with Crippen molar-refractivity contribution in [1.82, 2.24) is 15.0 Å². The summed E-state index contributed by atoms with van der Waals surface area (Å²) in [5.41, 5.74) is 5.46. The second kappa shape index (κ2) is 5.14. The molecular formula is C10H9ClN4S. The molecule has 0 atom stereocenters. The summed E-state index contributed by atoms with van der Waals surface area (Å²) >= 11 is 7.59. The molecule has 1 aromatic carbocycles. The SMILES string of the molecule is Nc1ncnc(CSc2ccccc2Cl)n1. The zero-order valence-corrected chi connectivity index (χ0v) is 9.87. The van der Waals surface area contributed by atoms with Crippen molar-refractivity contribution in [1.29, 1.82) is 0 Å². The third-order valence-corrected chi connectivity index (χ3v) is 3.34. The van der Waals surface area contributed by atoms with E-state index in [-0.39, 0.29) is 5.95 Å². The van der Waals surface area contributed by atoms with Gasteiger partial charge in [-0.05, 0) is 12.1 Å². The minimum Gasteiger partial charge on any atom is -0.368 e. The van der Waals surface area contributed by atoms with E-state index in [1.54, 1.807) is 11.8 Å². The van der Waals surface area contributed by atoms with Gasteiger partial charge in [0.2, 0.25) is 5.95 Å². The Balaban J connectivity index is 2.05. The van der Waals surface area contributed by atoms with E-state index in [2.05, 4.69) is 15.0 Å². The van der Waals surface area contributed by atoms with Crippen molar-refractivity contribution in [3.05, 3.63) is 41.4 Å². The summed E-state index contributed by atoms with van der Waals surface area (Å²) in [6, 6.07) is 7.65. The van der Waals surface area contributed by atoms with Crippen LogP contribution in [0.3, 0.4) is 0 Å². The third kappa shape index (κ3) is 2.84. The third-order valence-electron chi connectivity index (χ3n) is 1.83. The van der Waals surface area contributed by atoms with Crippen molar-refractivity contribution >= 4 is 29.3 Å². The first kappa shape index (κ1) is 11.2. The number of benzene rings is 1. The number of aromatic nitrogens is 3. The number of halogens is 1. The molecule has 0 aliphatic rings. The summed E-state index contributed by atoms with van der Waals surface area (Å²) in [5.74, 6) is 1.51. The number of thioether (sulfide) groups is 1. The Hall–Kier alpha value is -1.33. The lowest BCUT2D eigenvalue weighted by Crippen LogP contribution is -2.00. The van der Waals surface area contributed by atoms with E-state index in [0.717, 1.165) is 9.92 Å². The van der Waals surface area contributed by atoms with Gasteiger partial charge in [-0.3, -0.25) is 0 Å². The summed E-state index contributed by atoms with van der Waals surface area (Å²) in [4.78, 5) is 12.8. The van der Waals surface area contributed by atoms with Gasteiger partial charge in [-0.15, -0.1) is 11.8 Å². The van der Waals surface area contributed by atoms with Gasteiger partial charge in [0.1, 0.15) is 12.2 Å². The molecule has 0 aliphatic heterocycles. The Morgan fingerprint density at radius 2 is 2.06 bits per heavy atom. The van der Waals surface area contributed by atoms with Gasteiger partial charge in [0.25, 0.3) is 0 Å². The fourth-order valence-electron chi connectivity index (χ4n) is 1.12. The van der Waals surface area contributed by atoms with Crippen LogP contribution in [-0.4, -0.2) is 15.0 Å². The molecule has 82 valence electrons. The Kier molecular flexibility index (Phi) is 3.58. The van der Waals surface area contributed by atoms with Crippen LogP contribution in [0.15, 0.2) is 35.5 Å². The highest BCUT2D eigenvalue weighted by molar-refractivity contribution is 7.98. The predicted octanol–water partition coefficient (Wildman–Crippen LogP) is 2.40. The maximum absolute atomic E-state index is 6.02. The van der Waals surface area contributed by atoms with Gasteiger partial charge in [-0.1, -0.05) is 23.7 Å². The van der Waals surface area contributed by atoms with Crippen LogP contribution in [0.4, 0.5) is 5.95 Å². The van der Waals surface area contributed by atoms with E-state index in [0.29, 0.717) is 11.6 Å². The molecule has 0 spiro atoms. The first-order valence-electron chi connectivity index (χ1n) is 4.56. The quantitative estimate of drug-likeness (QED) is 0.850. The first-order valence-corrected chi connectivity index (χ1v) is 5.93. The smallest absolute Gasteiger partial charge is 0.223 e. The van der Waals surface area contributed by atoms with Crippen molar-refractivity contribution < 1.29 is 0 Å². The van der Waals surface area contributed by atoms with E-state index >= 15 is 0 Å². The second-order valence-corrected chi connectivity index (χ2v) is 4.40. The fraction of sp³-hybridized carbons (Fsp3) is 0.100. The number of hydrogen-bond acceptors (Lipinski definition) is 5. The average molecular weight is 253 g/mol. The standard InChI is InChI=1S/C10H9ClN4S/c11-7-3-1-2-4-8(7)16-5-9-13-6-14-10(12)15-9/h1-4,6H,5H2,(H2,12,13,14,15). The minimum absolute atomic E-state index is 0.241. The molecule has 1 heterocycles. The second-order valence-electron chi connectivity index (χ2n) is 2.98. The Labute approximate surface area is 102 Å². The van der Waals surface area contributed by atoms with Crippen molar-refractivity contribution in [2.75, 3.05) is 5.73 Å². The van der Waals surface area contributed by atoms with Crippen LogP contribution in [0.1, 0.15) is 5.82 Å². The van der Waals surface area contributed by atoms with Gasteiger partial charge in [-0.2, -0.15) is 4.98 Å². The summed E-state index contributed by atoms with van der Waals surface area (Å²) in [5, 5.41) is 0.731. The monoisotopic (exact) mass is 252 g/mol. The van der Waals surface area contributed by atoms with Crippen LogP contribution < -0.4 is 5.73 Å². The summed E-state index contributed by atoms with van der Waals surface area (Å²) in [6.07, 6.45) is 1.41. The van der Waals surface area contributed by atoms with E-state index < -0.39 is 0 Å². The lowest BCUT2D eigenvalue weighted by Gasteiger charge is -2.02. The molecule has 0 bridgehead atoms. The number of hydrogen-bond donors (Lipinski definition) is 1. The van der Waals surface area contributed by atoms with Gasteiger partial charge >= 0.3 is 0 Å². The van der Waals surface area contributed by atoms with Crippen LogP contribution in [-0.2, 0) is 5.75 Å². The maximum atomic E-state index is 6.02. The van der Waals surface area contributed by atoms with Gasteiger partial charge < -0.3 is 5.73 Å². The van der Waals surface area contributed by atoms with Crippen LogP contribution >= 0.6 is 23.4 Å². The van der Waals surface area contributed by atoms with Crippen molar-refractivity contribution in [2.24, 2.45) is 0 Å². The van der Waals surface area contributed by atoms with E-state index in [9.17, 15) is 0 Å². The van der Waals surface area contributed by atoms with Crippen LogP contribution in [0.5, 0.6) is 0 Å². The Bertz CT molecular complexity index is 492. The van der Waals surface area contributed by atoms with Crippen LogP contribution in [0.2, 0.25) is 5.02 Å². The van der Waals surface area contributed by atoms with Crippen molar-refractivity contribution in [2.45, 2.75) is 10.6 Å². The van der Waals surface area contributed by atoms with Crippen LogP contribution in [0.25, 0.3) is 0 Å². The van der Waals surface area contributed by atoms with Gasteiger partial charge in [0.05, 0.1) is 10.8 Å². The van der Waals surface area contributed by atoms with E-state index in [1.807, 2.05) is 24.3 Å². The number of anilines is 1. The van der Waals surface area contributed by atoms with Crippen molar-refractivity contribution in [3.8, 4) is 0 Å². The highest BCUT2D eigenvalue weighted by atomic mass is 35.5. The summed E-state index contributed by atoms with van der Waals surface area (Å²) in [7, 11) is 0. The molecule has 2 N–H and O–H groups in total. The topological polar surface area (TPSA) is 64.7 Å². The average Bonchev–Trinajstić information content (AvgIpc) is 2.28. The summed E-state index contributed by atoms with van der Waals surface area (Å²) < 4.78 is 0. The maximum Gasteiger partial charge on any atom is 0.223 e. The number of nitrogen functional groups attached to an aromatic ring is 1. The Morgan fingerprint density at radius 1 is 1.25 bits per heavy atom. The highest BCUT2D eigenvalue weighted by Gasteiger charge is 2.02. The fourth-order valence-corrected chi connectivity index (χ4v) is 2.22. The zero-order chi connectivity index (χ0) is 11.4. The largest absolute Gasteiger partial charge is 0.368 e. The van der Waals surface area contributed by atoms with Gasteiger partial charge in [0, 0.05) is 4.90 Å². The minimum atomic E-state index is 0.241. The highest BCUT2D eigenvalue weighted by Crippen LogP contribution is 2.28. The molecule has 0 amide bonds. The van der Waals surface area contributed by atoms with E-state index in [1.165, 1.54) is 6.33 Å². The molecule has 0 radical (unpaired) electrons. The molecule has 6 heteroatoms. The van der Waals surface area contributed by atoms with Crippen LogP contribution in [0, 0.1) is 0 Å². The lowest BCUT2D eigenvalue weighted by molar-refractivity contribution is 0.974. The molecule has 0 saturated heterocycles. The molecule has 2 rings (SSSR count). The lowest BCUT2D eigenvalue weighted by atomic mass is 10.4. The van der Waals surface area contributed by atoms with Crippen molar-refractivity contribution in [3.63, 3.8) is 0 Å². The van der Waals surface area contributed by atoms with E-state index in [4.69, 9.17) is 17.3 Å². The molecule has 0 aliphatic carbocycles. The molecule has 0 saturated carbocycles.